The molecule has 368 valence electrons. The fourth-order valence-electron chi connectivity index (χ4n) is 12.7. The Morgan fingerprint density at radius 1 is 0.569 bits per heavy atom. The zero-order valence-corrected chi connectivity index (χ0v) is 41.3. The first-order chi connectivity index (χ1) is 30.3. The molecule has 0 aromatic carbocycles. The van der Waals surface area contributed by atoms with Crippen LogP contribution in [0.15, 0.2) is 9.98 Å². The smallest absolute Gasteiger partial charge is 0.407 e. The van der Waals surface area contributed by atoms with Gasteiger partial charge in [-0.05, 0) is 148 Å². The number of hydrogen-bond donors (Lipinski definition) is 4. The Morgan fingerprint density at radius 2 is 0.969 bits per heavy atom. The molecule has 4 aliphatic rings. The van der Waals surface area contributed by atoms with E-state index in [0.717, 1.165) is 70.6 Å². The van der Waals surface area contributed by atoms with Gasteiger partial charge in [0.25, 0.3) is 0 Å². The van der Waals surface area contributed by atoms with Crippen molar-refractivity contribution in [2.24, 2.45) is 54.3 Å². The van der Waals surface area contributed by atoms with Crippen molar-refractivity contribution < 1.29 is 47.7 Å². The van der Waals surface area contributed by atoms with Crippen LogP contribution in [0.3, 0.4) is 0 Å². The van der Waals surface area contributed by atoms with Gasteiger partial charge in [-0.1, -0.05) is 62.3 Å². The molecular weight excluding hydrogens is 833 g/mol. The highest BCUT2D eigenvalue weighted by atomic mass is 16.6. The molecule has 7 unspecified atom stereocenters. The Morgan fingerprint density at radius 3 is 1.43 bits per heavy atom. The summed E-state index contributed by atoms with van der Waals surface area (Å²) in [6, 6.07) is -0.276. The highest BCUT2D eigenvalue weighted by Crippen LogP contribution is 2.48. The monoisotopic (exact) mass is 915 g/mol. The maximum atomic E-state index is 12.9. The minimum absolute atomic E-state index is 0.00243. The van der Waals surface area contributed by atoms with E-state index < -0.39 is 24.4 Å². The number of amides is 4. The Labute approximate surface area is 388 Å². The van der Waals surface area contributed by atoms with Crippen LogP contribution in [0.5, 0.6) is 0 Å². The predicted molar refractivity (Wildman–Crippen MR) is 247 cm³/mol. The van der Waals surface area contributed by atoms with Gasteiger partial charge < -0.3 is 40.2 Å². The van der Waals surface area contributed by atoms with Crippen LogP contribution in [-0.4, -0.2) is 100 Å². The summed E-state index contributed by atoms with van der Waals surface area (Å²) in [5.41, 5.74) is -0.772. The fourth-order valence-corrected chi connectivity index (χ4v) is 12.7. The molecule has 0 heterocycles. The number of aliphatic imine (C=N–C) groups is 2. The first kappa shape index (κ1) is 53.5. The molecule has 16 heteroatoms. The van der Waals surface area contributed by atoms with E-state index in [2.05, 4.69) is 93.6 Å². The van der Waals surface area contributed by atoms with E-state index in [4.69, 9.17) is 18.9 Å². The summed E-state index contributed by atoms with van der Waals surface area (Å²) >= 11 is 0. The van der Waals surface area contributed by atoms with Crippen LogP contribution < -0.4 is 21.3 Å². The highest BCUT2D eigenvalue weighted by molar-refractivity contribution is 5.69. The van der Waals surface area contributed by atoms with Gasteiger partial charge in [0.1, 0.15) is 6.10 Å². The van der Waals surface area contributed by atoms with Crippen molar-refractivity contribution in [3.05, 3.63) is 0 Å². The number of isocyanates is 2. The standard InChI is InChI=1S/C49H82N6O10/c1-34(65-43(61)55-39-20-45(4,5)27-48(9,22-39)30-51-33-57)12-11-17-62-41(59)53-38-19-46(6,7)28-49(10,23-38)31-52-40(58)63-24-35-13-15-36(16-14-35)25-64-42(60)54-37-18-44(2,3)26-47(8,21-37)29-50-32-56/h34-39H,11-31H2,1-10H3,(H,52,58)(H,53,59)(H,54,60)(H,55,61). The number of hydrogen-bond acceptors (Lipinski definition) is 12. The van der Waals surface area contributed by atoms with Crippen LogP contribution in [0.2, 0.25) is 0 Å². The van der Waals surface area contributed by atoms with E-state index in [1.165, 1.54) is 0 Å². The van der Waals surface area contributed by atoms with Gasteiger partial charge in [0.2, 0.25) is 12.2 Å². The minimum atomic E-state index is -0.490. The molecule has 4 saturated carbocycles. The van der Waals surface area contributed by atoms with Crippen molar-refractivity contribution in [2.75, 3.05) is 39.5 Å². The van der Waals surface area contributed by atoms with Crippen molar-refractivity contribution in [3.63, 3.8) is 0 Å². The van der Waals surface area contributed by atoms with E-state index in [1.807, 2.05) is 6.92 Å². The molecule has 0 aliphatic heterocycles. The third-order valence-electron chi connectivity index (χ3n) is 14.2. The summed E-state index contributed by atoms with van der Waals surface area (Å²) < 4.78 is 22.5. The number of carbonyl (C=O) groups excluding carboxylic acids is 6. The molecule has 0 bridgehead atoms. The average Bonchev–Trinajstić information content (AvgIpc) is 3.16. The van der Waals surface area contributed by atoms with E-state index in [9.17, 15) is 28.8 Å². The average molecular weight is 915 g/mol. The van der Waals surface area contributed by atoms with Crippen LogP contribution in [0, 0.1) is 44.3 Å². The van der Waals surface area contributed by atoms with Gasteiger partial charge in [0.05, 0.1) is 32.9 Å². The normalized spacial score (nSPS) is 31.8. The number of carbonyl (C=O) groups is 4. The molecule has 0 spiro atoms. The summed E-state index contributed by atoms with van der Waals surface area (Å²) in [6.07, 6.45) is 12.9. The molecule has 0 aromatic rings. The molecule has 4 aliphatic carbocycles. The molecule has 0 saturated heterocycles. The van der Waals surface area contributed by atoms with E-state index in [-0.39, 0.29) is 75.2 Å². The second kappa shape index (κ2) is 23.0. The molecular formula is C49H82N6O10. The van der Waals surface area contributed by atoms with Crippen LogP contribution in [0.4, 0.5) is 19.2 Å². The first-order valence-electron chi connectivity index (χ1n) is 24.1. The lowest BCUT2D eigenvalue weighted by Gasteiger charge is -2.46. The summed E-state index contributed by atoms with van der Waals surface area (Å²) in [5, 5.41) is 12.1. The van der Waals surface area contributed by atoms with E-state index in [1.54, 1.807) is 12.2 Å². The Balaban J connectivity index is 1.08. The molecule has 7 atom stereocenters. The van der Waals surface area contributed by atoms with Crippen LogP contribution in [-0.2, 0) is 28.5 Å². The maximum absolute atomic E-state index is 12.9. The van der Waals surface area contributed by atoms with Gasteiger partial charge in [0, 0.05) is 24.7 Å². The quantitative estimate of drug-likeness (QED) is 0.0443. The van der Waals surface area contributed by atoms with Crippen molar-refractivity contribution >= 4 is 36.5 Å². The number of nitrogens with one attached hydrogen (secondary N) is 4. The lowest BCUT2D eigenvalue weighted by atomic mass is 9.62. The molecule has 16 nitrogen and oxygen atoms in total. The van der Waals surface area contributed by atoms with Gasteiger partial charge in [-0.3, -0.25) is 0 Å². The largest absolute Gasteiger partial charge is 0.450 e. The lowest BCUT2D eigenvalue weighted by Crippen LogP contribution is -2.50. The third kappa shape index (κ3) is 18.9. The summed E-state index contributed by atoms with van der Waals surface area (Å²) in [5.74, 6) is 0.503. The van der Waals surface area contributed by atoms with Crippen LogP contribution in [0.1, 0.15) is 166 Å². The third-order valence-corrected chi connectivity index (χ3v) is 14.2. The van der Waals surface area contributed by atoms with E-state index in [0.29, 0.717) is 58.5 Å². The lowest BCUT2D eigenvalue weighted by molar-refractivity contribution is 0.0544. The van der Waals surface area contributed by atoms with Gasteiger partial charge in [0.15, 0.2) is 0 Å². The minimum Gasteiger partial charge on any atom is -0.450 e. The number of nitrogens with zero attached hydrogens (tertiary/aromatic N) is 2. The summed E-state index contributed by atoms with van der Waals surface area (Å²) in [6.45, 7) is 23.2. The topological polar surface area (TPSA) is 212 Å². The van der Waals surface area contributed by atoms with Crippen molar-refractivity contribution in [1.82, 2.24) is 21.3 Å². The van der Waals surface area contributed by atoms with Crippen molar-refractivity contribution in [2.45, 2.75) is 190 Å². The van der Waals surface area contributed by atoms with Gasteiger partial charge in [-0.2, -0.15) is 0 Å². The second-order valence-corrected chi connectivity index (χ2v) is 23.9. The van der Waals surface area contributed by atoms with Crippen LogP contribution in [0.25, 0.3) is 0 Å². The molecule has 4 rings (SSSR count). The number of alkyl carbamates (subject to hydrolysis) is 4. The molecule has 4 N–H and O–H groups in total. The van der Waals surface area contributed by atoms with Crippen LogP contribution >= 0.6 is 0 Å². The molecule has 4 amide bonds. The summed E-state index contributed by atoms with van der Waals surface area (Å²) in [7, 11) is 0. The fraction of sp³-hybridized carbons (Fsp3) is 0.878. The molecule has 65 heavy (non-hydrogen) atoms. The number of rotatable bonds is 18. The molecule has 0 radical (unpaired) electrons. The Hall–Kier alpha value is -4.16. The zero-order valence-electron chi connectivity index (χ0n) is 41.3. The van der Waals surface area contributed by atoms with Crippen molar-refractivity contribution in [3.8, 4) is 0 Å². The van der Waals surface area contributed by atoms with Crippen molar-refractivity contribution in [1.29, 1.82) is 0 Å². The molecule has 4 fully saturated rings. The number of ether oxygens (including phenoxy) is 4. The van der Waals surface area contributed by atoms with E-state index >= 15 is 0 Å². The molecule has 0 aromatic heterocycles. The van der Waals surface area contributed by atoms with Gasteiger partial charge in [-0.25, -0.2) is 38.8 Å². The van der Waals surface area contributed by atoms with Gasteiger partial charge >= 0.3 is 24.4 Å². The second-order valence-electron chi connectivity index (χ2n) is 23.9. The maximum Gasteiger partial charge on any atom is 0.407 e. The zero-order chi connectivity index (χ0) is 48.1. The summed E-state index contributed by atoms with van der Waals surface area (Å²) in [4.78, 5) is 80.5. The van der Waals surface area contributed by atoms with Gasteiger partial charge in [-0.15, -0.1) is 0 Å². The SMILES string of the molecule is CC(CCCOC(=O)NC1CC(C)(C)CC(C)(CNC(=O)OCC2CCC(COC(=O)NC3CC(C)(C)CC(C)(CN=C=O)C3)CC2)C1)OC(=O)NC1CC(C)(C)CC(C)(CN=C=O)C1. The predicted octanol–water partition coefficient (Wildman–Crippen LogP) is 9.29. The Bertz CT molecular complexity index is 1720. The Kier molecular flexibility index (Phi) is 18.9. The highest BCUT2D eigenvalue weighted by Gasteiger charge is 2.44. The first-order valence-corrected chi connectivity index (χ1v) is 24.1.